The molecule has 0 aliphatic carbocycles. The highest BCUT2D eigenvalue weighted by molar-refractivity contribution is 5.94. The summed E-state index contributed by atoms with van der Waals surface area (Å²) in [6.07, 6.45) is 3.38. The standard InChI is InChI=1S/C10H9N5/c11-8-5-13-15-10(8)7-3-1-2-6-4-12-14-9(6)7/h1-5H,11H2,(H,12,14)(H,13,15). The molecular formula is C10H9N5. The van der Waals surface area contributed by atoms with Crippen LogP contribution in [0.4, 0.5) is 5.69 Å². The van der Waals surface area contributed by atoms with E-state index in [2.05, 4.69) is 20.4 Å². The molecular weight excluding hydrogens is 190 g/mol. The van der Waals surface area contributed by atoms with Crippen molar-refractivity contribution in [2.75, 3.05) is 5.73 Å². The summed E-state index contributed by atoms with van der Waals surface area (Å²) in [6, 6.07) is 5.94. The van der Waals surface area contributed by atoms with E-state index in [1.807, 2.05) is 18.2 Å². The lowest BCUT2D eigenvalue weighted by Gasteiger charge is -2.00. The van der Waals surface area contributed by atoms with E-state index < -0.39 is 0 Å². The van der Waals surface area contributed by atoms with Crippen LogP contribution in [0.3, 0.4) is 0 Å². The summed E-state index contributed by atoms with van der Waals surface area (Å²) in [5.74, 6) is 0. The summed E-state index contributed by atoms with van der Waals surface area (Å²) < 4.78 is 0. The largest absolute Gasteiger partial charge is 0.396 e. The van der Waals surface area contributed by atoms with Gasteiger partial charge in [0.1, 0.15) is 0 Å². The molecule has 4 N–H and O–H groups in total. The van der Waals surface area contributed by atoms with Crippen LogP contribution in [0.1, 0.15) is 0 Å². The van der Waals surface area contributed by atoms with Crippen molar-refractivity contribution in [2.45, 2.75) is 0 Å². The molecule has 0 saturated carbocycles. The van der Waals surface area contributed by atoms with Gasteiger partial charge in [0.15, 0.2) is 0 Å². The molecule has 2 heterocycles. The molecule has 0 radical (unpaired) electrons. The molecule has 0 saturated heterocycles. The minimum atomic E-state index is 0.636. The van der Waals surface area contributed by atoms with Crippen molar-refractivity contribution in [3.05, 3.63) is 30.6 Å². The maximum atomic E-state index is 5.80. The van der Waals surface area contributed by atoms with Gasteiger partial charge in [-0.25, -0.2) is 0 Å². The average molecular weight is 199 g/mol. The van der Waals surface area contributed by atoms with E-state index in [1.165, 1.54) is 0 Å². The quantitative estimate of drug-likeness (QED) is 0.555. The Balaban J connectivity index is 2.36. The molecule has 0 aliphatic rings. The van der Waals surface area contributed by atoms with Crippen LogP contribution in [-0.2, 0) is 0 Å². The van der Waals surface area contributed by atoms with E-state index in [9.17, 15) is 0 Å². The third kappa shape index (κ3) is 1.10. The lowest BCUT2D eigenvalue weighted by atomic mass is 10.1. The average Bonchev–Trinajstić information content (AvgIpc) is 2.85. The van der Waals surface area contributed by atoms with Crippen LogP contribution in [0.15, 0.2) is 30.6 Å². The summed E-state index contributed by atoms with van der Waals surface area (Å²) in [5.41, 5.74) is 9.22. The maximum absolute atomic E-state index is 5.80. The van der Waals surface area contributed by atoms with Gasteiger partial charge >= 0.3 is 0 Å². The van der Waals surface area contributed by atoms with Gasteiger partial charge in [0, 0.05) is 10.9 Å². The second-order valence-electron chi connectivity index (χ2n) is 3.34. The number of anilines is 1. The number of nitrogens with zero attached hydrogens (tertiary/aromatic N) is 2. The number of hydrogen-bond donors (Lipinski definition) is 3. The van der Waals surface area contributed by atoms with Crippen molar-refractivity contribution < 1.29 is 0 Å². The third-order valence-corrected chi connectivity index (χ3v) is 2.41. The molecule has 0 aliphatic heterocycles. The first-order valence-electron chi connectivity index (χ1n) is 4.57. The number of nitrogen functional groups attached to an aromatic ring is 1. The van der Waals surface area contributed by atoms with Gasteiger partial charge < -0.3 is 5.73 Å². The highest BCUT2D eigenvalue weighted by Gasteiger charge is 2.09. The Labute approximate surface area is 85.3 Å². The molecule has 0 atom stereocenters. The number of para-hydroxylation sites is 1. The summed E-state index contributed by atoms with van der Waals surface area (Å²) in [5, 5.41) is 14.8. The predicted molar refractivity (Wildman–Crippen MR) is 58.1 cm³/mol. The van der Waals surface area contributed by atoms with Gasteiger partial charge in [-0.2, -0.15) is 10.2 Å². The molecule has 0 spiro atoms. The molecule has 0 amide bonds. The summed E-state index contributed by atoms with van der Waals surface area (Å²) in [4.78, 5) is 0. The van der Waals surface area contributed by atoms with Crippen molar-refractivity contribution in [1.29, 1.82) is 0 Å². The Morgan fingerprint density at radius 2 is 1.93 bits per heavy atom. The molecule has 0 fully saturated rings. The first kappa shape index (κ1) is 8.05. The van der Waals surface area contributed by atoms with Crippen LogP contribution in [0, 0.1) is 0 Å². The van der Waals surface area contributed by atoms with Gasteiger partial charge in [0.05, 0.1) is 29.3 Å². The van der Waals surface area contributed by atoms with Gasteiger partial charge in [0.25, 0.3) is 0 Å². The van der Waals surface area contributed by atoms with Crippen molar-refractivity contribution in [1.82, 2.24) is 20.4 Å². The number of H-pyrrole nitrogens is 2. The number of nitrogens with one attached hydrogen (secondary N) is 2. The minimum absolute atomic E-state index is 0.636. The minimum Gasteiger partial charge on any atom is -0.396 e. The molecule has 1 aromatic carbocycles. The molecule has 2 aromatic heterocycles. The van der Waals surface area contributed by atoms with E-state index in [0.29, 0.717) is 5.69 Å². The normalized spacial score (nSPS) is 10.9. The molecule has 3 rings (SSSR count). The number of aromatic nitrogens is 4. The van der Waals surface area contributed by atoms with Crippen LogP contribution < -0.4 is 5.73 Å². The number of hydrogen-bond acceptors (Lipinski definition) is 3. The highest BCUT2D eigenvalue weighted by atomic mass is 15.1. The third-order valence-electron chi connectivity index (χ3n) is 2.41. The molecule has 15 heavy (non-hydrogen) atoms. The highest BCUT2D eigenvalue weighted by Crippen LogP contribution is 2.28. The van der Waals surface area contributed by atoms with Crippen molar-refractivity contribution >= 4 is 16.6 Å². The topological polar surface area (TPSA) is 83.4 Å². The van der Waals surface area contributed by atoms with Crippen LogP contribution in [0.25, 0.3) is 22.2 Å². The first-order valence-corrected chi connectivity index (χ1v) is 4.57. The number of benzene rings is 1. The summed E-state index contributed by atoms with van der Waals surface area (Å²) in [6.45, 7) is 0. The second kappa shape index (κ2) is 2.84. The monoisotopic (exact) mass is 199 g/mol. The molecule has 5 nitrogen and oxygen atoms in total. The Hall–Kier alpha value is -2.30. The molecule has 74 valence electrons. The van der Waals surface area contributed by atoms with Crippen LogP contribution in [0.2, 0.25) is 0 Å². The van der Waals surface area contributed by atoms with Gasteiger partial charge in [0.2, 0.25) is 0 Å². The molecule has 3 aromatic rings. The Kier molecular flexibility index (Phi) is 1.53. The van der Waals surface area contributed by atoms with E-state index in [4.69, 9.17) is 5.73 Å². The van der Waals surface area contributed by atoms with E-state index in [-0.39, 0.29) is 0 Å². The Bertz CT molecular complexity index is 607. The maximum Gasteiger partial charge on any atom is 0.0901 e. The predicted octanol–water partition coefficient (Wildman–Crippen LogP) is 1.54. The lowest BCUT2D eigenvalue weighted by molar-refractivity contribution is 1.09. The number of nitrogens with two attached hydrogens (primary N) is 1. The smallest absolute Gasteiger partial charge is 0.0901 e. The van der Waals surface area contributed by atoms with Crippen LogP contribution in [-0.4, -0.2) is 20.4 Å². The van der Waals surface area contributed by atoms with E-state index >= 15 is 0 Å². The lowest BCUT2D eigenvalue weighted by Crippen LogP contribution is -1.87. The van der Waals surface area contributed by atoms with Gasteiger partial charge in [-0.05, 0) is 0 Å². The molecule has 5 heteroatoms. The number of fused-ring (bicyclic) bond motifs is 1. The van der Waals surface area contributed by atoms with E-state index in [1.54, 1.807) is 12.4 Å². The zero-order valence-corrected chi connectivity index (χ0v) is 7.86. The Morgan fingerprint density at radius 3 is 2.73 bits per heavy atom. The zero-order chi connectivity index (χ0) is 10.3. The van der Waals surface area contributed by atoms with Crippen molar-refractivity contribution in [2.24, 2.45) is 0 Å². The van der Waals surface area contributed by atoms with Crippen molar-refractivity contribution in [3.63, 3.8) is 0 Å². The zero-order valence-electron chi connectivity index (χ0n) is 7.86. The van der Waals surface area contributed by atoms with Crippen LogP contribution in [0.5, 0.6) is 0 Å². The SMILES string of the molecule is Nc1cn[nH]c1-c1cccc2cn[nH]c12. The fourth-order valence-electron chi connectivity index (χ4n) is 1.69. The van der Waals surface area contributed by atoms with E-state index in [0.717, 1.165) is 22.2 Å². The fourth-order valence-corrected chi connectivity index (χ4v) is 1.69. The van der Waals surface area contributed by atoms with Gasteiger partial charge in [-0.15, -0.1) is 0 Å². The fraction of sp³-hybridized carbons (Fsp3) is 0. The number of rotatable bonds is 1. The summed E-state index contributed by atoms with van der Waals surface area (Å²) in [7, 11) is 0. The summed E-state index contributed by atoms with van der Waals surface area (Å²) >= 11 is 0. The molecule has 0 unspecified atom stereocenters. The molecule has 0 bridgehead atoms. The second-order valence-corrected chi connectivity index (χ2v) is 3.34. The van der Waals surface area contributed by atoms with Crippen molar-refractivity contribution in [3.8, 4) is 11.3 Å². The van der Waals surface area contributed by atoms with Gasteiger partial charge in [-0.1, -0.05) is 18.2 Å². The Morgan fingerprint density at radius 1 is 1.07 bits per heavy atom. The first-order chi connectivity index (χ1) is 7.36. The van der Waals surface area contributed by atoms with Gasteiger partial charge in [-0.3, -0.25) is 10.2 Å². The number of aromatic amines is 2. The van der Waals surface area contributed by atoms with Crippen LogP contribution >= 0.6 is 0 Å².